The molecule has 0 aromatic heterocycles. The number of nitrogens with one attached hydrogen (secondary N) is 3. The number of carboxylic acid groups (broad SMARTS) is 1. The first-order valence-electron chi connectivity index (χ1n) is 13.6. The van der Waals surface area contributed by atoms with Crippen molar-refractivity contribution in [1.82, 2.24) is 20.9 Å². The topological polar surface area (TPSA) is 171 Å². The van der Waals surface area contributed by atoms with Gasteiger partial charge in [0.25, 0.3) is 0 Å². The highest BCUT2D eigenvalue weighted by molar-refractivity contribution is 5.95. The van der Waals surface area contributed by atoms with Crippen molar-refractivity contribution in [3.63, 3.8) is 0 Å². The fourth-order valence-electron chi connectivity index (χ4n) is 4.52. The summed E-state index contributed by atoms with van der Waals surface area (Å²) in [4.78, 5) is 65.1. The summed E-state index contributed by atoms with van der Waals surface area (Å²) >= 11 is 0. The molecule has 0 unspecified atom stereocenters. The van der Waals surface area contributed by atoms with E-state index in [0.29, 0.717) is 25.8 Å². The number of likely N-dealkylation sites (tertiary alicyclic amines) is 1. The first-order chi connectivity index (χ1) is 18.3. The van der Waals surface area contributed by atoms with Crippen molar-refractivity contribution in [3.05, 3.63) is 35.9 Å². The van der Waals surface area contributed by atoms with E-state index in [0.717, 1.165) is 5.56 Å². The van der Waals surface area contributed by atoms with Gasteiger partial charge in [0.15, 0.2) is 0 Å². The van der Waals surface area contributed by atoms with Gasteiger partial charge in [-0.3, -0.25) is 19.2 Å². The number of nitrogens with two attached hydrogens (primary N) is 1. The van der Waals surface area contributed by atoms with Crippen LogP contribution in [0, 0.1) is 11.8 Å². The third kappa shape index (κ3) is 9.35. The van der Waals surface area contributed by atoms with Gasteiger partial charge in [-0.2, -0.15) is 0 Å². The first kappa shape index (κ1) is 31.7. The lowest BCUT2D eigenvalue weighted by Crippen LogP contribution is -2.58. The van der Waals surface area contributed by atoms with Gasteiger partial charge in [-0.15, -0.1) is 0 Å². The van der Waals surface area contributed by atoms with Crippen molar-refractivity contribution in [3.8, 4) is 0 Å². The normalized spacial score (nSPS) is 18.3. The van der Waals surface area contributed by atoms with Crippen LogP contribution in [-0.2, 0) is 30.4 Å². The predicted octanol–water partition coefficient (Wildman–Crippen LogP) is 0.808. The van der Waals surface area contributed by atoms with Gasteiger partial charge < -0.3 is 31.7 Å². The first-order valence-corrected chi connectivity index (χ1v) is 13.6. The molecule has 4 amide bonds. The fourth-order valence-corrected chi connectivity index (χ4v) is 4.52. The molecule has 216 valence electrons. The van der Waals surface area contributed by atoms with E-state index in [1.807, 2.05) is 33.8 Å². The Balaban J connectivity index is 2.05. The average molecular weight is 546 g/mol. The molecule has 0 spiro atoms. The Labute approximate surface area is 230 Å². The molecule has 1 heterocycles. The zero-order valence-corrected chi connectivity index (χ0v) is 23.5. The van der Waals surface area contributed by atoms with E-state index in [-0.39, 0.29) is 18.3 Å². The molecule has 1 aliphatic heterocycles. The summed E-state index contributed by atoms with van der Waals surface area (Å²) < 4.78 is 0. The molecule has 11 heteroatoms. The second-order valence-corrected chi connectivity index (χ2v) is 11.0. The SMILES string of the molecule is CC(C)C[C@H](NC(=O)[C@@H](N)C(C)C)C(=O)N[C@@H](C)C(=O)N1CCC[C@H]1C(=O)N[C@@H](Cc1ccccc1)C(=O)O. The lowest BCUT2D eigenvalue weighted by atomic mass is 10.0. The highest BCUT2D eigenvalue weighted by Gasteiger charge is 2.38. The Kier molecular flexibility index (Phi) is 11.9. The number of aliphatic carboxylic acids is 1. The van der Waals surface area contributed by atoms with Crippen LogP contribution in [0.4, 0.5) is 0 Å². The smallest absolute Gasteiger partial charge is 0.326 e. The molecule has 2 rings (SSSR count). The standard InChI is InChI=1S/C28H43N5O6/c1-16(2)14-20(31-26(36)23(29)17(3)4)24(34)30-18(5)27(37)33-13-9-12-22(33)25(35)32-21(28(38)39)15-19-10-7-6-8-11-19/h6-8,10-11,16-18,20-23H,9,12-15,29H2,1-5H3,(H,30,34)(H,31,36)(H,32,35)(H,38,39)/t18-,20-,21-,22-,23-/m0/s1. The van der Waals surface area contributed by atoms with Gasteiger partial charge in [0.05, 0.1) is 6.04 Å². The quantitative estimate of drug-likeness (QED) is 0.244. The van der Waals surface area contributed by atoms with Crippen molar-refractivity contribution >= 4 is 29.6 Å². The molecule has 1 fully saturated rings. The molecular weight excluding hydrogens is 502 g/mol. The molecule has 1 aromatic rings. The number of hydrogen-bond acceptors (Lipinski definition) is 6. The van der Waals surface area contributed by atoms with Gasteiger partial charge in [0.2, 0.25) is 23.6 Å². The van der Waals surface area contributed by atoms with Crippen LogP contribution < -0.4 is 21.7 Å². The van der Waals surface area contributed by atoms with Crippen LogP contribution >= 0.6 is 0 Å². The van der Waals surface area contributed by atoms with Gasteiger partial charge in [0, 0.05) is 13.0 Å². The summed E-state index contributed by atoms with van der Waals surface area (Å²) in [5, 5.41) is 17.6. The molecule has 6 N–H and O–H groups in total. The Hall–Kier alpha value is -3.47. The number of rotatable bonds is 13. The minimum absolute atomic E-state index is 0.0899. The predicted molar refractivity (Wildman–Crippen MR) is 146 cm³/mol. The van der Waals surface area contributed by atoms with E-state index in [9.17, 15) is 29.1 Å². The Morgan fingerprint density at radius 3 is 2.15 bits per heavy atom. The zero-order valence-electron chi connectivity index (χ0n) is 23.5. The monoisotopic (exact) mass is 545 g/mol. The number of benzene rings is 1. The molecule has 1 aliphatic rings. The van der Waals surface area contributed by atoms with E-state index in [2.05, 4.69) is 16.0 Å². The Bertz CT molecular complexity index is 1010. The van der Waals surface area contributed by atoms with E-state index in [1.165, 1.54) is 11.8 Å². The van der Waals surface area contributed by atoms with Gasteiger partial charge in [0.1, 0.15) is 24.2 Å². The maximum atomic E-state index is 13.3. The maximum Gasteiger partial charge on any atom is 0.326 e. The number of hydrogen-bond donors (Lipinski definition) is 5. The van der Waals surface area contributed by atoms with Gasteiger partial charge in [-0.25, -0.2) is 4.79 Å². The van der Waals surface area contributed by atoms with Gasteiger partial charge in [-0.05, 0) is 43.6 Å². The van der Waals surface area contributed by atoms with Crippen molar-refractivity contribution in [2.75, 3.05) is 6.54 Å². The highest BCUT2D eigenvalue weighted by Crippen LogP contribution is 2.19. The van der Waals surface area contributed by atoms with Crippen molar-refractivity contribution in [1.29, 1.82) is 0 Å². The van der Waals surface area contributed by atoms with E-state index in [1.54, 1.807) is 24.3 Å². The van der Waals surface area contributed by atoms with Crippen molar-refractivity contribution < 1.29 is 29.1 Å². The van der Waals surface area contributed by atoms with Crippen LogP contribution in [0.2, 0.25) is 0 Å². The summed E-state index contributed by atoms with van der Waals surface area (Å²) in [5.41, 5.74) is 6.69. The van der Waals surface area contributed by atoms with Crippen LogP contribution in [0.1, 0.15) is 59.4 Å². The molecule has 0 radical (unpaired) electrons. The molecule has 11 nitrogen and oxygen atoms in total. The van der Waals surface area contributed by atoms with Gasteiger partial charge in [-0.1, -0.05) is 58.0 Å². The summed E-state index contributed by atoms with van der Waals surface area (Å²) in [7, 11) is 0. The highest BCUT2D eigenvalue weighted by atomic mass is 16.4. The minimum Gasteiger partial charge on any atom is -0.480 e. The molecular formula is C28H43N5O6. The number of carboxylic acids is 1. The van der Waals surface area contributed by atoms with Crippen LogP contribution in [0.15, 0.2) is 30.3 Å². The third-order valence-corrected chi connectivity index (χ3v) is 6.83. The summed E-state index contributed by atoms with van der Waals surface area (Å²) in [6.07, 6.45) is 1.42. The molecule has 0 saturated carbocycles. The lowest BCUT2D eigenvalue weighted by molar-refractivity contribution is -0.144. The average Bonchev–Trinajstić information content (AvgIpc) is 3.37. The van der Waals surface area contributed by atoms with Crippen LogP contribution in [0.25, 0.3) is 0 Å². The third-order valence-electron chi connectivity index (χ3n) is 6.83. The summed E-state index contributed by atoms with van der Waals surface area (Å²) in [6, 6.07) is 4.37. The zero-order chi connectivity index (χ0) is 29.3. The fraction of sp³-hybridized carbons (Fsp3) is 0.607. The minimum atomic E-state index is -1.17. The molecule has 39 heavy (non-hydrogen) atoms. The molecule has 1 saturated heterocycles. The molecule has 0 aliphatic carbocycles. The van der Waals surface area contributed by atoms with E-state index < -0.39 is 59.8 Å². The second-order valence-electron chi connectivity index (χ2n) is 11.0. The van der Waals surface area contributed by atoms with Gasteiger partial charge >= 0.3 is 5.97 Å². The number of nitrogens with zero attached hydrogens (tertiary/aromatic N) is 1. The molecule has 0 bridgehead atoms. The summed E-state index contributed by atoms with van der Waals surface area (Å²) in [6.45, 7) is 9.29. The Morgan fingerprint density at radius 2 is 1.59 bits per heavy atom. The Morgan fingerprint density at radius 1 is 0.949 bits per heavy atom. The number of amides is 4. The maximum absolute atomic E-state index is 13.3. The number of carbonyl (C=O) groups excluding carboxylic acids is 4. The largest absolute Gasteiger partial charge is 0.480 e. The van der Waals surface area contributed by atoms with Crippen LogP contribution in [-0.4, -0.2) is 76.4 Å². The van der Waals surface area contributed by atoms with Crippen molar-refractivity contribution in [2.45, 2.75) is 90.5 Å². The summed E-state index contributed by atoms with van der Waals surface area (Å²) in [5.74, 6) is -3.14. The van der Waals surface area contributed by atoms with Crippen LogP contribution in [0.3, 0.4) is 0 Å². The lowest BCUT2D eigenvalue weighted by Gasteiger charge is -2.29. The second kappa shape index (κ2) is 14.6. The van der Waals surface area contributed by atoms with Crippen molar-refractivity contribution in [2.24, 2.45) is 17.6 Å². The van der Waals surface area contributed by atoms with Crippen LogP contribution in [0.5, 0.6) is 0 Å². The van der Waals surface area contributed by atoms with E-state index in [4.69, 9.17) is 5.73 Å². The molecule has 1 aromatic carbocycles. The molecule has 5 atom stereocenters. The number of carbonyl (C=O) groups is 5. The van der Waals surface area contributed by atoms with E-state index >= 15 is 0 Å².